The lowest BCUT2D eigenvalue weighted by molar-refractivity contribution is -0.134. The number of nitrogens with two attached hydrogens (primary N) is 1. The zero-order valence-corrected chi connectivity index (χ0v) is 24.2. The molecule has 43 heavy (non-hydrogen) atoms. The summed E-state index contributed by atoms with van der Waals surface area (Å²) in [6.07, 6.45) is 1.27. The number of halogens is 1. The highest BCUT2D eigenvalue weighted by Crippen LogP contribution is 2.31. The van der Waals surface area contributed by atoms with Gasteiger partial charge in [0.2, 0.25) is 5.91 Å². The van der Waals surface area contributed by atoms with E-state index in [2.05, 4.69) is 10.6 Å². The van der Waals surface area contributed by atoms with Gasteiger partial charge in [0, 0.05) is 37.8 Å². The summed E-state index contributed by atoms with van der Waals surface area (Å²) in [4.78, 5) is 54.4. The van der Waals surface area contributed by atoms with E-state index in [1.807, 2.05) is 4.90 Å². The van der Waals surface area contributed by atoms with Gasteiger partial charge in [0.25, 0.3) is 5.91 Å². The van der Waals surface area contributed by atoms with E-state index in [-0.39, 0.29) is 30.0 Å². The first-order valence-corrected chi connectivity index (χ1v) is 14.5. The topological polar surface area (TPSA) is 147 Å². The monoisotopic (exact) mass is 612 g/mol. The van der Waals surface area contributed by atoms with Crippen LogP contribution in [0.4, 0.5) is 26.2 Å². The van der Waals surface area contributed by atoms with Gasteiger partial charge >= 0.3 is 12.1 Å². The normalized spacial score (nSPS) is 18.2. The van der Waals surface area contributed by atoms with Crippen LogP contribution in [0.15, 0.2) is 42.5 Å². The van der Waals surface area contributed by atoms with Crippen LogP contribution in [-0.4, -0.2) is 92.3 Å². The Morgan fingerprint density at radius 1 is 1.07 bits per heavy atom. The number of benzene rings is 2. The lowest BCUT2D eigenvalue weighted by atomic mass is 10.2. The third kappa shape index (κ3) is 7.56. The van der Waals surface area contributed by atoms with Crippen molar-refractivity contribution in [3.8, 4) is 0 Å². The third-order valence-corrected chi connectivity index (χ3v) is 7.94. The molecule has 2 aromatic rings. The fourth-order valence-corrected chi connectivity index (χ4v) is 5.18. The molecule has 12 nitrogen and oxygen atoms in total. The number of hydrogen-bond donors (Lipinski definition) is 3. The Kier molecular flexibility index (Phi) is 9.36. The van der Waals surface area contributed by atoms with Crippen LogP contribution in [0.2, 0.25) is 0 Å². The summed E-state index contributed by atoms with van der Waals surface area (Å²) < 4.78 is 25.8. The minimum atomic E-state index is -0.669. The third-order valence-electron chi connectivity index (χ3n) is 7.46. The number of nitrogens with zero attached hydrogens (tertiary/aromatic N) is 3. The molecule has 228 valence electrons. The smallest absolute Gasteiger partial charge is 0.414 e. The minimum Gasteiger partial charge on any atom is -0.452 e. The van der Waals surface area contributed by atoms with E-state index in [0.29, 0.717) is 62.2 Å². The van der Waals surface area contributed by atoms with E-state index in [4.69, 9.17) is 27.4 Å². The van der Waals surface area contributed by atoms with Gasteiger partial charge in [-0.25, -0.2) is 14.0 Å². The molecule has 5 rings (SSSR count). The Hall–Kier alpha value is -4.30. The number of esters is 1. The van der Waals surface area contributed by atoms with Gasteiger partial charge in [-0.15, -0.1) is 0 Å². The molecule has 14 heteroatoms. The molecule has 2 aromatic carbocycles. The number of thiocarbonyl (C=S) groups is 1. The summed E-state index contributed by atoms with van der Waals surface area (Å²) in [5, 5.41) is 5.73. The van der Waals surface area contributed by atoms with Crippen molar-refractivity contribution >= 4 is 58.1 Å². The number of rotatable bonds is 10. The van der Waals surface area contributed by atoms with Crippen LogP contribution < -0.4 is 26.2 Å². The van der Waals surface area contributed by atoms with Gasteiger partial charge in [-0.2, -0.15) is 0 Å². The largest absolute Gasteiger partial charge is 0.452 e. The van der Waals surface area contributed by atoms with Gasteiger partial charge in [0.15, 0.2) is 6.61 Å². The van der Waals surface area contributed by atoms with Gasteiger partial charge in [-0.3, -0.25) is 14.5 Å². The van der Waals surface area contributed by atoms with Crippen molar-refractivity contribution in [2.75, 3.05) is 67.5 Å². The van der Waals surface area contributed by atoms with Gasteiger partial charge in [-0.1, -0.05) is 12.2 Å². The van der Waals surface area contributed by atoms with E-state index >= 15 is 4.39 Å². The van der Waals surface area contributed by atoms with Crippen molar-refractivity contribution < 1.29 is 33.0 Å². The van der Waals surface area contributed by atoms with Crippen molar-refractivity contribution in [2.45, 2.75) is 18.9 Å². The van der Waals surface area contributed by atoms with Crippen molar-refractivity contribution in [3.05, 3.63) is 53.8 Å². The number of carbonyl (C=O) groups is 4. The molecule has 3 fully saturated rings. The second-order valence-electron chi connectivity index (χ2n) is 10.5. The summed E-state index contributed by atoms with van der Waals surface area (Å²) in [5.74, 6) is -1.44. The van der Waals surface area contributed by atoms with Gasteiger partial charge in [-0.05, 0) is 55.3 Å². The molecule has 0 radical (unpaired) electrons. The van der Waals surface area contributed by atoms with E-state index in [1.165, 1.54) is 35.2 Å². The summed E-state index contributed by atoms with van der Waals surface area (Å²) in [6, 6.07) is 10.6. The Labute approximate surface area is 253 Å². The van der Waals surface area contributed by atoms with Crippen molar-refractivity contribution in [1.82, 2.24) is 10.2 Å². The van der Waals surface area contributed by atoms with Crippen molar-refractivity contribution in [1.29, 1.82) is 0 Å². The SMILES string of the molecule is NCC(=O)Nc1ccc(C(=O)OCC(=O)N2CCN(c3ccc(N4C[C@H](CNC(=S)C5CC5)OC4=O)cc3F)CC2)cc1. The summed E-state index contributed by atoms with van der Waals surface area (Å²) in [5.41, 5.74) is 6.76. The average Bonchev–Trinajstić information content (AvgIpc) is 3.80. The molecule has 0 spiro atoms. The Balaban J connectivity index is 1.07. The zero-order valence-electron chi connectivity index (χ0n) is 23.4. The van der Waals surface area contributed by atoms with Crippen LogP contribution in [-0.2, 0) is 19.1 Å². The molecule has 4 N–H and O–H groups in total. The van der Waals surface area contributed by atoms with Crippen LogP contribution >= 0.6 is 12.2 Å². The van der Waals surface area contributed by atoms with Crippen LogP contribution in [0.5, 0.6) is 0 Å². The molecule has 0 unspecified atom stereocenters. The van der Waals surface area contributed by atoms with Gasteiger partial charge in [0.1, 0.15) is 11.9 Å². The predicted molar refractivity (Wildman–Crippen MR) is 161 cm³/mol. The van der Waals surface area contributed by atoms with Crippen LogP contribution in [0.1, 0.15) is 23.2 Å². The molecule has 0 bridgehead atoms. The average molecular weight is 613 g/mol. The van der Waals surface area contributed by atoms with E-state index in [9.17, 15) is 19.2 Å². The summed E-state index contributed by atoms with van der Waals surface area (Å²) in [6.45, 7) is 1.53. The quantitative estimate of drug-likeness (QED) is 0.269. The molecule has 1 aliphatic carbocycles. The number of anilines is 3. The fourth-order valence-electron chi connectivity index (χ4n) is 4.86. The highest BCUT2D eigenvalue weighted by Gasteiger charge is 2.34. The van der Waals surface area contributed by atoms with E-state index in [1.54, 1.807) is 17.0 Å². The van der Waals surface area contributed by atoms with Gasteiger partial charge < -0.3 is 35.6 Å². The standard InChI is InChI=1S/C29H33FN6O6S/c30-23-13-21(36-16-22(42-29(36)40)15-32-27(43)18-1-2-18)7-8-24(23)34-9-11-35(12-10-34)26(38)17-41-28(39)19-3-5-20(6-4-19)33-25(37)14-31/h3-8,13,18,22H,1-2,9-12,14-17,31H2,(H,32,43)(H,33,37)/t22-/m0/s1. The van der Waals surface area contributed by atoms with Crippen LogP contribution in [0, 0.1) is 11.7 Å². The maximum absolute atomic E-state index is 15.2. The first kappa shape index (κ1) is 30.2. The first-order chi connectivity index (χ1) is 20.7. The summed E-state index contributed by atoms with van der Waals surface area (Å²) in [7, 11) is 0. The predicted octanol–water partition coefficient (Wildman–Crippen LogP) is 1.88. The Morgan fingerprint density at radius 2 is 1.79 bits per heavy atom. The van der Waals surface area contributed by atoms with Crippen LogP contribution in [0.3, 0.4) is 0 Å². The molecule has 2 aliphatic heterocycles. The number of nitrogens with one attached hydrogen (secondary N) is 2. The van der Waals surface area contributed by atoms with E-state index < -0.39 is 24.5 Å². The zero-order chi connectivity index (χ0) is 30.5. The van der Waals surface area contributed by atoms with Crippen LogP contribution in [0.25, 0.3) is 0 Å². The Bertz CT molecular complexity index is 1400. The summed E-state index contributed by atoms with van der Waals surface area (Å²) >= 11 is 5.33. The number of amides is 3. The highest BCUT2D eigenvalue weighted by molar-refractivity contribution is 7.80. The fraction of sp³-hybridized carbons (Fsp3) is 0.414. The minimum absolute atomic E-state index is 0.159. The second-order valence-corrected chi connectivity index (χ2v) is 11.0. The number of carbonyl (C=O) groups excluding carboxylic acids is 4. The second kappa shape index (κ2) is 13.3. The maximum Gasteiger partial charge on any atom is 0.414 e. The molecule has 3 aliphatic rings. The molecule has 2 heterocycles. The molecule has 1 saturated carbocycles. The lowest BCUT2D eigenvalue weighted by Gasteiger charge is -2.36. The lowest BCUT2D eigenvalue weighted by Crippen LogP contribution is -2.50. The molecular weight excluding hydrogens is 579 g/mol. The molecule has 2 saturated heterocycles. The number of ether oxygens (including phenoxy) is 2. The molecular formula is C29H33FN6O6S. The molecule has 3 amide bonds. The van der Waals surface area contributed by atoms with Crippen molar-refractivity contribution in [2.24, 2.45) is 11.7 Å². The van der Waals surface area contributed by atoms with Gasteiger partial charge in [0.05, 0.1) is 41.6 Å². The molecule has 1 atom stereocenters. The number of hydrogen-bond acceptors (Lipinski definition) is 9. The highest BCUT2D eigenvalue weighted by atomic mass is 32.1. The Morgan fingerprint density at radius 3 is 2.44 bits per heavy atom. The first-order valence-electron chi connectivity index (χ1n) is 14.1. The molecule has 0 aromatic heterocycles. The number of piperazine rings is 1. The number of cyclic esters (lactones) is 1. The van der Waals surface area contributed by atoms with Crippen molar-refractivity contribution in [3.63, 3.8) is 0 Å². The van der Waals surface area contributed by atoms with E-state index in [0.717, 1.165) is 17.8 Å². The maximum atomic E-state index is 15.2.